The van der Waals surface area contributed by atoms with Crippen molar-refractivity contribution in [3.63, 3.8) is 0 Å². The lowest BCUT2D eigenvalue weighted by atomic mass is 10.1. The van der Waals surface area contributed by atoms with Gasteiger partial charge >= 0.3 is 0 Å². The first kappa shape index (κ1) is 18.2. The SMILES string of the molecule is Cc1ccc(S(=O)(=O)N/N=C/C2C(c3ccccc3)=C2c2ccccc2)cc1. The van der Waals surface area contributed by atoms with E-state index in [9.17, 15) is 8.42 Å². The van der Waals surface area contributed by atoms with Gasteiger partial charge in [-0.15, -0.1) is 0 Å². The molecule has 1 aliphatic carbocycles. The van der Waals surface area contributed by atoms with E-state index in [1.54, 1.807) is 30.5 Å². The van der Waals surface area contributed by atoms with Gasteiger partial charge in [-0.05, 0) is 41.3 Å². The van der Waals surface area contributed by atoms with E-state index >= 15 is 0 Å². The molecule has 0 fully saturated rings. The summed E-state index contributed by atoms with van der Waals surface area (Å²) in [5.74, 6) is -0.00878. The summed E-state index contributed by atoms with van der Waals surface area (Å²) in [5.41, 5.74) is 5.60. The molecule has 0 atom stereocenters. The van der Waals surface area contributed by atoms with Gasteiger partial charge in [0.2, 0.25) is 0 Å². The van der Waals surface area contributed by atoms with Crippen LogP contribution in [0, 0.1) is 12.8 Å². The maximum Gasteiger partial charge on any atom is 0.276 e. The minimum absolute atomic E-state index is 0.00878. The van der Waals surface area contributed by atoms with E-state index in [2.05, 4.69) is 34.2 Å². The zero-order valence-electron chi connectivity index (χ0n) is 15.4. The molecule has 0 saturated heterocycles. The van der Waals surface area contributed by atoms with Crippen LogP contribution >= 0.6 is 0 Å². The number of hydrogen-bond acceptors (Lipinski definition) is 3. The van der Waals surface area contributed by atoms with Crippen LogP contribution in [-0.4, -0.2) is 14.6 Å². The van der Waals surface area contributed by atoms with Crippen molar-refractivity contribution < 1.29 is 8.42 Å². The summed E-state index contributed by atoms with van der Waals surface area (Å²) in [7, 11) is -3.68. The third kappa shape index (κ3) is 3.75. The minimum atomic E-state index is -3.68. The molecule has 0 spiro atoms. The van der Waals surface area contributed by atoms with Gasteiger partial charge in [-0.25, -0.2) is 4.83 Å². The molecule has 3 aromatic carbocycles. The number of nitrogens with one attached hydrogen (secondary N) is 1. The molecule has 5 heteroatoms. The number of hydrazone groups is 1. The molecule has 0 heterocycles. The van der Waals surface area contributed by atoms with E-state index in [1.165, 1.54) is 11.1 Å². The Morgan fingerprint density at radius 1 is 0.786 bits per heavy atom. The average molecular weight is 388 g/mol. The Balaban J connectivity index is 1.55. The minimum Gasteiger partial charge on any atom is -0.200 e. The van der Waals surface area contributed by atoms with Gasteiger partial charge in [0.25, 0.3) is 10.0 Å². The highest BCUT2D eigenvalue weighted by atomic mass is 32.2. The van der Waals surface area contributed by atoms with Gasteiger partial charge < -0.3 is 0 Å². The van der Waals surface area contributed by atoms with Crippen molar-refractivity contribution in [3.8, 4) is 0 Å². The van der Waals surface area contributed by atoms with E-state index in [0.717, 1.165) is 16.7 Å². The molecule has 0 bridgehead atoms. The van der Waals surface area contributed by atoms with E-state index < -0.39 is 10.0 Å². The predicted octanol–water partition coefficient (Wildman–Crippen LogP) is 4.50. The van der Waals surface area contributed by atoms with Gasteiger partial charge in [0.05, 0.1) is 4.90 Å². The van der Waals surface area contributed by atoms with E-state index in [4.69, 9.17) is 0 Å². The van der Waals surface area contributed by atoms with Crippen LogP contribution < -0.4 is 4.83 Å². The maximum absolute atomic E-state index is 12.4. The van der Waals surface area contributed by atoms with Crippen LogP contribution in [0.2, 0.25) is 0 Å². The van der Waals surface area contributed by atoms with Crippen LogP contribution in [0.4, 0.5) is 0 Å². The van der Waals surface area contributed by atoms with Crippen LogP contribution in [0.5, 0.6) is 0 Å². The summed E-state index contributed by atoms with van der Waals surface area (Å²) in [5, 5.41) is 4.05. The second-order valence-corrected chi connectivity index (χ2v) is 8.38. The Bertz CT molecular complexity index is 1080. The zero-order valence-corrected chi connectivity index (χ0v) is 16.2. The van der Waals surface area contributed by atoms with Crippen molar-refractivity contribution in [3.05, 3.63) is 102 Å². The normalized spacial score (nSPS) is 14.5. The molecule has 4 nitrogen and oxygen atoms in total. The summed E-state index contributed by atoms with van der Waals surface area (Å²) in [4.78, 5) is 2.52. The monoisotopic (exact) mass is 388 g/mol. The number of allylic oxidation sites excluding steroid dienone is 2. The van der Waals surface area contributed by atoms with Crippen molar-refractivity contribution >= 4 is 27.4 Å². The summed E-state index contributed by atoms with van der Waals surface area (Å²) >= 11 is 0. The standard InChI is InChI=1S/C23H20N2O2S/c1-17-12-14-20(15-13-17)28(26,27)25-24-16-21-22(18-8-4-2-5-9-18)23(21)19-10-6-3-7-11-19/h2-16,21,25H,1H3/b24-16+. The van der Waals surface area contributed by atoms with Gasteiger partial charge in [-0.3, -0.25) is 0 Å². The molecule has 4 rings (SSSR count). The quantitative estimate of drug-likeness (QED) is 0.499. The number of benzene rings is 3. The highest BCUT2D eigenvalue weighted by molar-refractivity contribution is 7.89. The van der Waals surface area contributed by atoms with Crippen molar-refractivity contribution in [1.29, 1.82) is 0 Å². The van der Waals surface area contributed by atoms with Gasteiger partial charge in [0.15, 0.2) is 0 Å². The number of rotatable bonds is 6. The number of sulfonamides is 1. The fourth-order valence-electron chi connectivity index (χ4n) is 3.24. The highest BCUT2D eigenvalue weighted by Crippen LogP contribution is 2.51. The molecule has 0 unspecified atom stereocenters. The van der Waals surface area contributed by atoms with E-state index in [-0.39, 0.29) is 10.8 Å². The number of nitrogens with zero attached hydrogens (tertiary/aromatic N) is 1. The van der Waals surface area contributed by atoms with E-state index in [0.29, 0.717) is 0 Å². The lowest BCUT2D eigenvalue weighted by Gasteiger charge is -2.03. The van der Waals surface area contributed by atoms with Crippen LogP contribution in [0.25, 0.3) is 11.1 Å². The Hall–Kier alpha value is -3.18. The second-order valence-electron chi connectivity index (χ2n) is 6.72. The molecule has 0 amide bonds. The summed E-state index contributed by atoms with van der Waals surface area (Å²) in [6, 6.07) is 26.9. The lowest BCUT2D eigenvalue weighted by molar-refractivity contribution is 0.584. The molecule has 1 aliphatic rings. The zero-order chi connectivity index (χ0) is 19.6. The predicted molar refractivity (Wildman–Crippen MR) is 113 cm³/mol. The van der Waals surface area contributed by atoms with Crippen LogP contribution in [0.3, 0.4) is 0 Å². The van der Waals surface area contributed by atoms with Gasteiger partial charge in [0, 0.05) is 12.1 Å². The molecule has 0 saturated carbocycles. The number of hydrogen-bond donors (Lipinski definition) is 1. The molecule has 3 aromatic rings. The molecule has 0 aliphatic heterocycles. The molecular formula is C23H20N2O2S. The van der Waals surface area contributed by atoms with E-state index in [1.807, 2.05) is 43.3 Å². The first-order valence-electron chi connectivity index (χ1n) is 9.03. The summed E-state index contributed by atoms with van der Waals surface area (Å²) < 4.78 is 24.8. The largest absolute Gasteiger partial charge is 0.276 e. The van der Waals surface area contributed by atoms with Gasteiger partial charge in [-0.2, -0.15) is 13.5 Å². The Labute approximate surface area is 165 Å². The van der Waals surface area contributed by atoms with Crippen LogP contribution in [0.1, 0.15) is 16.7 Å². The summed E-state index contributed by atoms with van der Waals surface area (Å²) in [6.07, 6.45) is 1.66. The van der Waals surface area contributed by atoms with Crippen molar-refractivity contribution in [2.45, 2.75) is 11.8 Å². The van der Waals surface area contributed by atoms with Crippen LogP contribution in [-0.2, 0) is 10.0 Å². The molecule has 140 valence electrons. The molecule has 0 radical (unpaired) electrons. The molecule has 0 aromatic heterocycles. The topological polar surface area (TPSA) is 58.5 Å². The summed E-state index contributed by atoms with van der Waals surface area (Å²) in [6.45, 7) is 1.91. The van der Waals surface area contributed by atoms with Crippen molar-refractivity contribution in [2.24, 2.45) is 11.0 Å². The average Bonchev–Trinajstić information content (AvgIpc) is 3.43. The van der Waals surface area contributed by atoms with Gasteiger partial charge in [0.1, 0.15) is 0 Å². The molecule has 1 N–H and O–H groups in total. The van der Waals surface area contributed by atoms with Crippen molar-refractivity contribution in [1.82, 2.24) is 4.83 Å². The second kappa shape index (κ2) is 7.44. The Morgan fingerprint density at radius 3 is 1.79 bits per heavy atom. The van der Waals surface area contributed by atoms with Crippen molar-refractivity contribution in [2.75, 3.05) is 0 Å². The molecular weight excluding hydrogens is 368 g/mol. The maximum atomic E-state index is 12.4. The lowest BCUT2D eigenvalue weighted by Crippen LogP contribution is -2.18. The third-order valence-electron chi connectivity index (χ3n) is 4.73. The fraction of sp³-hybridized carbons (Fsp3) is 0.0870. The Morgan fingerprint density at radius 2 is 1.29 bits per heavy atom. The number of aryl methyl sites for hydroxylation is 1. The van der Waals surface area contributed by atoms with Gasteiger partial charge in [-0.1, -0.05) is 78.4 Å². The highest BCUT2D eigenvalue weighted by Gasteiger charge is 2.37. The Kier molecular flexibility index (Phi) is 4.84. The third-order valence-corrected chi connectivity index (χ3v) is 5.96. The smallest absolute Gasteiger partial charge is 0.200 e. The first-order chi connectivity index (χ1) is 13.6. The first-order valence-corrected chi connectivity index (χ1v) is 10.5. The fourth-order valence-corrected chi connectivity index (χ4v) is 4.04. The molecule has 28 heavy (non-hydrogen) atoms. The van der Waals surface area contributed by atoms with Crippen LogP contribution in [0.15, 0.2) is 94.9 Å².